The van der Waals surface area contributed by atoms with E-state index in [2.05, 4.69) is 30.5 Å². The Morgan fingerprint density at radius 3 is 1.20 bits per heavy atom. The highest BCUT2D eigenvalue weighted by atomic mass is 31.2. The number of carbonyl (C=O) groups excluding carboxylic acids is 2. The number of hydrogen-bond donors (Lipinski definition) is 2. The molecule has 0 aromatic heterocycles. The average molecular weight is 745 g/mol. The van der Waals surface area contributed by atoms with Crippen LogP contribution in [0.4, 0.5) is 0 Å². The van der Waals surface area contributed by atoms with Gasteiger partial charge in [-0.3, -0.25) is 14.1 Å². The molecular weight excluding hydrogens is 663 g/mol. The Hall–Kier alpha value is -1.21. The number of ether oxygens (including phenoxy) is 2. The van der Waals surface area contributed by atoms with Crippen molar-refractivity contribution < 1.29 is 37.9 Å². The number of unbranched alkanes of at least 4 members (excludes halogenated alkanes) is 28. The standard InChI is InChI=1S/C42H81O8P/c1-3-5-7-9-11-13-15-17-18-19-20-21-22-23-24-25-27-28-30-32-34-36-41(43)48-38-40(39-49-51(45,46)47)50-42(44)37-35-33-31-29-26-16-14-12-10-8-6-4-2/h17-18,40H,3-16,19-39H2,1-2H3,(H2,45,46,47)/b18-17-/t40-/m1/s1. The minimum absolute atomic E-state index is 0.217. The lowest BCUT2D eigenvalue weighted by molar-refractivity contribution is -0.161. The Bertz CT molecular complexity index is 843. The van der Waals surface area contributed by atoms with Crippen LogP contribution in [0.15, 0.2) is 12.2 Å². The maximum absolute atomic E-state index is 12.4. The lowest BCUT2D eigenvalue weighted by atomic mass is 10.0. The van der Waals surface area contributed by atoms with E-state index in [1.807, 2.05) is 0 Å². The predicted molar refractivity (Wildman–Crippen MR) is 212 cm³/mol. The average Bonchev–Trinajstić information content (AvgIpc) is 3.10. The van der Waals surface area contributed by atoms with Crippen molar-refractivity contribution in [3.8, 4) is 0 Å². The summed E-state index contributed by atoms with van der Waals surface area (Å²) in [6, 6.07) is 0. The molecule has 2 N–H and O–H groups in total. The number of phosphoric acid groups is 1. The summed E-state index contributed by atoms with van der Waals surface area (Å²) in [4.78, 5) is 42.8. The largest absolute Gasteiger partial charge is 0.469 e. The molecule has 302 valence electrons. The second kappa shape index (κ2) is 38.5. The minimum atomic E-state index is -4.75. The molecule has 0 rings (SSSR count). The van der Waals surface area contributed by atoms with Gasteiger partial charge in [0.2, 0.25) is 0 Å². The first-order valence-corrected chi connectivity index (χ1v) is 23.0. The SMILES string of the molecule is CCCCCCCC/C=C\CCCCCCCCCCCCCC(=O)OC[C@H](COP(=O)(O)O)OC(=O)CCCCCCCCCCCCCC. The van der Waals surface area contributed by atoms with Crippen LogP contribution in [0.2, 0.25) is 0 Å². The maximum atomic E-state index is 12.4. The summed E-state index contributed by atoms with van der Waals surface area (Å²) in [6.45, 7) is 3.69. The molecule has 0 amide bonds. The van der Waals surface area contributed by atoms with Gasteiger partial charge in [-0.2, -0.15) is 0 Å². The van der Waals surface area contributed by atoms with Gasteiger partial charge < -0.3 is 19.3 Å². The first kappa shape index (κ1) is 49.8. The van der Waals surface area contributed by atoms with Gasteiger partial charge in [0, 0.05) is 12.8 Å². The van der Waals surface area contributed by atoms with Crippen molar-refractivity contribution in [2.75, 3.05) is 13.2 Å². The van der Waals surface area contributed by atoms with Crippen LogP contribution in [0.5, 0.6) is 0 Å². The van der Waals surface area contributed by atoms with Crippen LogP contribution in [-0.4, -0.2) is 41.0 Å². The summed E-state index contributed by atoms with van der Waals surface area (Å²) in [5.41, 5.74) is 0. The molecule has 0 spiro atoms. The summed E-state index contributed by atoms with van der Waals surface area (Å²) >= 11 is 0. The van der Waals surface area contributed by atoms with Crippen molar-refractivity contribution in [2.24, 2.45) is 0 Å². The van der Waals surface area contributed by atoms with Gasteiger partial charge in [0.1, 0.15) is 6.61 Å². The van der Waals surface area contributed by atoms with Crippen molar-refractivity contribution in [1.29, 1.82) is 0 Å². The Morgan fingerprint density at radius 2 is 0.824 bits per heavy atom. The van der Waals surface area contributed by atoms with Gasteiger partial charge >= 0.3 is 19.8 Å². The molecule has 8 nitrogen and oxygen atoms in total. The molecule has 0 saturated heterocycles. The molecule has 0 heterocycles. The lowest BCUT2D eigenvalue weighted by Crippen LogP contribution is -2.29. The zero-order valence-corrected chi connectivity index (χ0v) is 34.2. The van der Waals surface area contributed by atoms with E-state index in [0.717, 1.165) is 38.5 Å². The van der Waals surface area contributed by atoms with Gasteiger partial charge in [-0.1, -0.05) is 187 Å². The molecule has 1 atom stereocenters. The summed E-state index contributed by atoms with van der Waals surface area (Å²) < 4.78 is 26.4. The van der Waals surface area contributed by atoms with Crippen molar-refractivity contribution in [1.82, 2.24) is 0 Å². The van der Waals surface area contributed by atoms with Gasteiger partial charge in [-0.05, 0) is 38.5 Å². The summed E-state index contributed by atoms with van der Waals surface area (Å²) in [5.74, 6) is -0.874. The van der Waals surface area contributed by atoms with Crippen LogP contribution in [0.3, 0.4) is 0 Å². The highest BCUT2D eigenvalue weighted by Gasteiger charge is 2.22. The zero-order chi connectivity index (χ0) is 37.5. The quantitative estimate of drug-likeness (QED) is 0.0275. The molecule has 0 saturated carbocycles. The molecule has 0 aliphatic rings. The number of phosphoric ester groups is 1. The molecule has 0 radical (unpaired) electrons. The number of hydrogen-bond acceptors (Lipinski definition) is 6. The second-order valence-electron chi connectivity index (χ2n) is 14.7. The van der Waals surface area contributed by atoms with Crippen LogP contribution >= 0.6 is 7.82 Å². The number of carbonyl (C=O) groups is 2. The Labute approximate surface area is 314 Å². The van der Waals surface area contributed by atoms with Gasteiger partial charge in [0.05, 0.1) is 6.61 Å². The Kier molecular flexibility index (Phi) is 37.6. The molecule has 0 aliphatic heterocycles. The Balaban J connectivity index is 3.82. The smallest absolute Gasteiger partial charge is 0.462 e. The van der Waals surface area contributed by atoms with E-state index in [9.17, 15) is 14.2 Å². The highest BCUT2D eigenvalue weighted by molar-refractivity contribution is 7.46. The van der Waals surface area contributed by atoms with Crippen molar-refractivity contribution in [2.45, 2.75) is 232 Å². The zero-order valence-electron chi connectivity index (χ0n) is 33.3. The fraction of sp³-hybridized carbons (Fsp3) is 0.905. The minimum Gasteiger partial charge on any atom is -0.462 e. The topological polar surface area (TPSA) is 119 Å². The van der Waals surface area contributed by atoms with Crippen molar-refractivity contribution in [3.05, 3.63) is 12.2 Å². The van der Waals surface area contributed by atoms with Crippen LogP contribution in [0, 0.1) is 0 Å². The highest BCUT2D eigenvalue weighted by Crippen LogP contribution is 2.36. The molecule has 51 heavy (non-hydrogen) atoms. The van der Waals surface area contributed by atoms with E-state index in [0.29, 0.717) is 6.42 Å². The van der Waals surface area contributed by atoms with E-state index in [-0.39, 0.29) is 19.4 Å². The predicted octanol–water partition coefficient (Wildman–Crippen LogP) is 13.0. The Morgan fingerprint density at radius 1 is 0.490 bits per heavy atom. The third-order valence-corrected chi connectivity index (χ3v) is 10.0. The molecule has 0 fully saturated rings. The van der Waals surface area contributed by atoms with E-state index in [1.165, 1.54) is 154 Å². The molecule has 0 aromatic rings. The fourth-order valence-electron chi connectivity index (χ4n) is 6.31. The molecule has 9 heteroatoms. The molecule has 0 aliphatic carbocycles. The second-order valence-corrected chi connectivity index (χ2v) is 15.9. The monoisotopic (exact) mass is 745 g/mol. The number of esters is 2. The maximum Gasteiger partial charge on any atom is 0.469 e. The first-order chi connectivity index (χ1) is 24.8. The summed E-state index contributed by atoms with van der Waals surface area (Å²) in [5, 5.41) is 0. The molecule has 0 bridgehead atoms. The molecular formula is C42H81O8P. The number of rotatable bonds is 40. The van der Waals surface area contributed by atoms with E-state index >= 15 is 0 Å². The summed E-state index contributed by atoms with van der Waals surface area (Å²) in [7, 11) is -4.75. The van der Waals surface area contributed by atoms with Gasteiger partial charge in [-0.15, -0.1) is 0 Å². The van der Waals surface area contributed by atoms with Gasteiger partial charge in [0.15, 0.2) is 6.10 Å². The van der Waals surface area contributed by atoms with Crippen molar-refractivity contribution >= 4 is 19.8 Å². The van der Waals surface area contributed by atoms with Gasteiger partial charge in [0.25, 0.3) is 0 Å². The summed E-state index contributed by atoms with van der Waals surface area (Å²) in [6.07, 6.45) is 42.2. The molecule has 0 unspecified atom stereocenters. The van der Waals surface area contributed by atoms with E-state index in [4.69, 9.17) is 19.3 Å². The lowest BCUT2D eigenvalue weighted by Gasteiger charge is -2.18. The van der Waals surface area contributed by atoms with Crippen LogP contribution < -0.4 is 0 Å². The van der Waals surface area contributed by atoms with E-state index in [1.54, 1.807) is 0 Å². The fourth-order valence-corrected chi connectivity index (χ4v) is 6.67. The third kappa shape index (κ3) is 41.4. The third-order valence-electron chi connectivity index (χ3n) is 9.53. The van der Waals surface area contributed by atoms with Gasteiger partial charge in [-0.25, -0.2) is 4.57 Å². The van der Waals surface area contributed by atoms with Crippen LogP contribution in [0.1, 0.15) is 226 Å². The normalized spacial score (nSPS) is 12.5. The molecule has 0 aromatic carbocycles. The number of allylic oxidation sites excluding steroid dienone is 2. The first-order valence-electron chi connectivity index (χ1n) is 21.5. The van der Waals surface area contributed by atoms with Crippen LogP contribution in [-0.2, 0) is 28.2 Å². The van der Waals surface area contributed by atoms with Crippen LogP contribution in [0.25, 0.3) is 0 Å². The van der Waals surface area contributed by atoms with E-state index < -0.39 is 32.5 Å². The van der Waals surface area contributed by atoms with Crippen molar-refractivity contribution in [3.63, 3.8) is 0 Å².